The first-order valence-electron chi connectivity index (χ1n) is 6.14. The van der Waals surface area contributed by atoms with Crippen LogP contribution in [0.3, 0.4) is 0 Å². The Morgan fingerprint density at radius 1 is 1.15 bits per heavy atom. The van der Waals surface area contributed by atoms with Crippen LogP contribution in [0.15, 0.2) is 42.5 Å². The van der Waals surface area contributed by atoms with Crippen molar-refractivity contribution in [3.05, 3.63) is 59.4 Å². The summed E-state index contributed by atoms with van der Waals surface area (Å²) in [5.74, 6) is 0.168. The van der Waals surface area contributed by atoms with Gasteiger partial charge in [0.1, 0.15) is 11.6 Å². The highest BCUT2D eigenvalue weighted by Gasteiger charge is 2.24. The van der Waals surface area contributed by atoms with Gasteiger partial charge < -0.3 is 10.1 Å². The Kier molecular flexibility index (Phi) is 2.99. The van der Waals surface area contributed by atoms with E-state index in [1.165, 1.54) is 12.1 Å². The number of benzene rings is 2. The lowest BCUT2D eigenvalue weighted by Gasteiger charge is -2.01. The lowest BCUT2D eigenvalue weighted by molar-refractivity contribution is -0.110. The van der Waals surface area contributed by atoms with Gasteiger partial charge in [0.05, 0.1) is 12.8 Å². The molecule has 0 saturated carbocycles. The Morgan fingerprint density at radius 2 is 1.90 bits per heavy atom. The van der Waals surface area contributed by atoms with Crippen LogP contribution in [0.4, 0.5) is 10.1 Å². The summed E-state index contributed by atoms with van der Waals surface area (Å²) in [5, 5.41) is 2.66. The summed E-state index contributed by atoms with van der Waals surface area (Å²) in [4.78, 5) is 11.9. The molecule has 0 radical (unpaired) electrons. The molecule has 100 valence electrons. The fourth-order valence-corrected chi connectivity index (χ4v) is 2.18. The van der Waals surface area contributed by atoms with Gasteiger partial charge in [-0.1, -0.05) is 12.1 Å². The fourth-order valence-electron chi connectivity index (χ4n) is 2.18. The largest absolute Gasteiger partial charge is 0.497 e. The molecule has 0 bridgehead atoms. The van der Waals surface area contributed by atoms with Crippen molar-refractivity contribution in [1.29, 1.82) is 0 Å². The number of nitrogens with one attached hydrogen (secondary N) is 1. The van der Waals surface area contributed by atoms with E-state index in [9.17, 15) is 9.18 Å². The minimum Gasteiger partial charge on any atom is -0.497 e. The van der Waals surface area contributed by atoms with Crippen LogP contribution in [0.5, 0.6) is 5.75 Å². The van der Waals surface area contributed by atoms with Gasteiger partial charge in [-0.2, -0.15) is 0 Å². The number of hydrogen-bond acceptors (Lipinski definition) is 2. The second-order valence-electron chi connectivity index (χ2n) is 4.48. The summed E-state index contributed by atoms with van der Waals surface area (Å²) in [6, 6.07) is 11.7. The first-order chi connectivity index (χ1) is 9.67. The van der Waals surface area contributed by atoms with Crippen molar-refractivity contribution >= 4 is 23.2 Å². The van der Waals surface area contributed by atoms with Crippen LogP contribution in [0, 0.1) is 5.82 Å². The van der Waals surface area contributed by atoms with Gasteiger partial charge in [-0.15, -0.1) is 0 Å². The van der Waals surface area contributed by atoms with Crippen molar-refractivity contribution < 1.29 is 13.9 Å². The van der Waals surface area contributed by atoms with Crippen LogP contribution < -0.4 is 10.1 Å². The molecule has 1 aliphatic heterocycles. The minimum absolute atomic E-state index is 0.221. The van der Waals surface area contributed by atoms with Crippen molar-refractivity contribution in [3.63, 3.8) is 0 Å². The normalized spacial score (nSPS) is 15.1. The topological polar surface area (TPSA) is 38.3 Å². The Labute approximate surface area is 115 Å². The molecule has 0 atom stereocenters. The van der Waals surface area contributed by atoms with E-state index in [1.54, 1.807) is 19.3 Å². The standard InChI is InChI=1S/C16H12FNO2/c1-20-12-5-2-10(3-6-12)8-14-13-7-4-11(17)9-15(13)18-16(14)19/h2-9H,1H3,(H,18,19)/b14-8+. The molecule has 2 aromatic rings. The van der Waals surface area contributed by atoms with Gasteiger partial charge in [0.25, 0.3) is 5.91 Å². The average Bonchev–Trinajstić information content (AvgIpc) is 2.75. The molecule has 1 N–H and O–H groups in total. The maximum Gasteiger partial charge on any atom is 0.256 e. The third-order valence-corrected chi connectivity index (χ3v) is 3.19. The number of carbonyl (C=O) groups is 1. The first-order valence-corrected chi connectivity index (χ1v) is 6.14. The molecule has 1 heterocycles. The molecule has 0 spiro atoms. The monoisotopic (exact) mass is 269 g/mol. The molecular formula is C16H12FNO2. The third kappa shape index (κ3) is 2.16. The molecule has 0 aliphatic carbocycles. The van der Waals surface area contributed by atoms with Crippen molar-refractivity contribution in [1.82, 2.24) is 0 Å². The van der Waals surface area contributed by atoms with Crippen LogP contribution in [-0.4, -0.2) is 13.0 Å². The molecule has 1 amide bonds. The van der Waals surface area contributed by atoms with Crippen LogP contribution in [0.2, 0.25) is 0 Å². The lowest BCUT2D eigenvalue weighted by atomic mass is 10.0. The predicted molar refractivity (Wildman–Crippen MR) is 75.9 cm³/mol. The highest BCUT2D eigenvalue weighted by Crippen LogP contribution is 2.33. The zero-order chi connectivity index (χ0) is 14.1. The van der Waals surface area contributed by atoms with E-state index in [-0.39, 0.29) is 11.7 Å². The predicted octanol–water partition coefficient (Wildman–Crippen LogP) is 3.33. The molecule has 0 fully saturated rings. The van der Waals surface area contributed by atoms with E-state index in [4.69, 9.17) is 4.74 Å². The fraction of sp³-hybridized carbons (Fsp3) is 0.0625. The minimum atomic E-state index is -0.366. The Balaban J connectivity index is 2.01. The van der Waals surface area contributed by atoms with Gasteiger partial charge in [-0.25, -0.2) is 4.39 Å². The van der Waals surface area contributed by atoms with Crippen molar-refractivity contribution in [2.45, 2.75) is 0 Å². The van der Waals surface area contributed by atoms with Gasteiger partial charge in [0.2, 0.25) is 0 Å². The van der Waals surface area contributed by atoms with Crippen molar-refractivity contribution in [2.24, 2.45) is 0 Å². The Hall–Kier alpha value is -2.62. The van der Waals surface area contributed by atoms with Crippen molar-refractivity contribution in [3.8, 4) is 5.75 Å². The second-order valence-corrected chi connectivity index (χ2v) is 4.48. The molecule has 3 nitrogen and oxygen atoms in total. The van der Waals surface area contributed by atoms with Gasteiger partial charge in [0, 0.05) is 11.1 Å². The summed E-state index contributed by atoms with van der Waals surface area (Å²) < 4.78 is 18.2. The number of methoxy groups -OCH3 is 1. The molecular weight excluding hydrogens is 257 g/mol. The number of ether oxygens (including phenoxy) is 1. The van der Waals surface area contributed by atoms with E-state index >= 15 is 0 Å². The lowest BCUT2D eigenvalue weighted by Crippen LogP contribution is -2.03. The average molecular weight is 269 g/mol. The summed E-state index contributed by atoms with van der Waals surface area (Å²) in [6.07, 6.45) is 1.78. The number of carbonyl (C=O) groups excluding carboxylic acids is 1. The number of rotatable bonds is 2. The van der Waals surface area contributed by atoms with Crippen LogP contribution in [0.1, 0.15) is 11.1 Å². The summed E-state index contributed by atoms with van der Waals surface area (Å²) in [6.45, 7) is 0. The number of amides is 1. The first kappa shape index (κ1) is 12.4. The quantitative estimate of drug-likeness (QED) is 0.849. The highest BCUT2D eigenvalue weighted by molar-refractivity contribution is 6.34. The van der Waals surface area contributed by atoms with E-state index in [0.29, 0.717) is 16.8 Å². The zero-order valence-electron chi connectivity index (χ0n) is 10.8. The number of hydrogen-bond donors (Lipinski definition) is 1. The summed E-state index contributed by atoms with van der Waals surface area (Å²) >= 11 is 0. The Bertz CT molecular complexity index is 705. The van der Waals surface area contributed by atoms with Gasteiger partial charge >= 0.3 is 0 Å². The van der Waals surface area contributed by atoms with E-state index in [0.717, 1.165) is 11.3 Å². The summed E-state index contributed by atoms with van der Waals surface area (Å²) in [5.41, 5.74) is 2.64. The van der Waals surface area contributed by atoms with Gasteiger partial charge in [-0.3, -0.25) is 4.79 Å². The van der Waals surface area contributed by atoms with E-state index in [2.05, 4.69) is 5.32 Å². The van der Waals surface area contributed by atoms with Crippen molar-refractivity contribution in [2.75, 3.05) is 12.4 Å². The molecule has 20 heavy (non-hydrogen) atoms. The maximum absolute atomic E-state index is 13.1. The second kappa shape index (κ2) is 4.81. The molecule has 2 aromatic carbocycles. The maximum atomic E-state index is 13.1. The summed E-state index contributed by atoms with van der Waals surface area (Å²) in [7, 11) is 1.60. The third-order valence-electron chi connectivity index (χ3n) is 3.19. The highest BCUT2D eigenvalue weighted by atomic mass is 19.1. The van der Waals surface area contributed by atoms with Crippen LogP contribution in [-0.2, 0) is 4.79 Å². The molecule has 0 aromatic heterocycles. The van der Waals surface area contributed by atoms with Crippen LogP contribution >= 0.6 is 0 Å². The Morgan fingerprint density at radius 3 is 2.60 bits per heavy atom. The smallest absolute Gasteiger partial charge is 0.256 e. The van der Waals surface area contributed by atoms with E-state index in [1.807, 2.05) is 24.3 Å². The van der Waals surface area contributed by atoms with E-state index < -0.39 is 0 Å². The van der Waals surface area contributed by atoms with Gasteiger partial charge in [-0.05, 0) is 42.0 Å². The molecule has 3 rings (SSSR count). The SMILES string of the molecule is COc1ccc(/C=C2/C(=O)Nc3cc(F)ccc32)cc1. The molecule has 0 unspecified atom stereocenters. The number of halogens is 1. The zero-order valence-corrected chi connectivity index (χ0v) is 10.8. The molecule has 1 aliphatic rings. The molecule has 4 heteroatoms. The number of anilines is 1. The molecule has 0 saturated heterocycles. The van der Waals surface area contributed by atoms with Crippen LogP contribution in [0.25, 0.3) is 11.6 Å². The van der Waals surface area contributed by atoms with Gasteiger partial charge in [0.15, 0.2) is 0 Å². The number of fused-ring (bicyclic) bond motifs is 1.